The number of hydrogen-bond donors (Lipinski definition) is 1. The molecule has 86 valence electrons. The van der Waals surface area contributed by atoms with Crippen LogP contribution in [0, 0.1) is 16.7 Å². The van der Waals surface area contributed by atoms with Gasteiger partial charge in [0, 0.05) is 5.02 Å². The number of rotatable bonds is 3. The van der Waals surface area contributed by atoms with Crippen molar-refractivity contribution >= 4 is 11.6 Å². The maximum absolute atomic E-state index is 10.5. The number of nitriles is 1. The minimum absolute atomic E-state index is 0.564. The summed E-state index contributed by atoms with van der Waals surface area (Å²) < 4.78 is 0. The van der Waals surface area contributed by atoms with Gasteiger partial charge in [-0.05, 0) is 38.0 Å². The van der Waals surface area contributed by atoms with Crippen molar-refractivity contribution in [2.24, 2.45) is 5.41 Å². The Balaban J connectivity index is 3.26. The molecule has 1 rings (SSSR count). The number of halogens is 1. The van der Waals surface area contributed by atoms with Crippen LogP contribution in [0.4, 0.5) is 0 Å². The van der Waals surface area contributed by atoms with Crippen molar-refractivity contribution in [3.8, 4) is 6.07 Å². The predicted octanol–water partition coefficient (Wildman–Crippen LogP) is 3.49. The van der Waals surface area contributed by atoms with E-state index in [0.717, 1.165) is 0 Å². The van der Waals surface area contributed by atoms with Crippen molar-refractivity contribution in [3.05, 3.63) is 34.9 Å². The maximum atomic E-state index is 10.5. The van der Waals surface area contributed by atoms with Crippen LogP contribution in [0.5, 0.6) is 0 Å². The van der Waals surface area contributed by atoms with Crippen LogP contribution in [0.25, 0.3) is 0 Å². The van der Waals surface area contributed by atoms with Gasteiger partial charge in [0.2, 0.25) is 0 Å². The van der Waals surface area contributed by atoms with Crippen molar-refractivity contribution in [2.75, 3.05) is 0 Å². The average Bonchev–Trinajstić information content (AvgIpc) is 2.27. The van der Waals surface area contributed by atoms with Crippen LogP contribution in [0.3, 0.4) is 0 Å². The standard InChI is InChI=1S/C13H16ClNO/c1-4-12(2,9-15)13(3,16)10-6-5-7-11(14)8-10/h5-8,16H,4H2,1-3H3. The molecule has 0 heterocycles. The van der Waals surface area contributed by atoms with Gasteiger partial charge in [-0.15, -0.1) is 0 Å². The van der Waals surface area contributed by atoms with Crippen LogP contribution < -0.4 is 0 Å². The lowest BCUT2D eigenvalue weighted by molar-refractivity contribution is -0.0379. The fourth-order valence-electron chi connectivity index (χ4n) is 1.64. The summed E-state index contributed by atoms with van der Waals surface area (Å²) in [5.41, 5.74) is -1.36. The first kappa shape index (κ1) is 13.0. The number of hydrogen-bond acceptors (Lipinski definition) is 2. The number of nitrogens with zero attached hydrogens (tertiary/aromatic N) is 1. The summed E-state index contributed by atoms with van der Waals surface area (Å²) in [7, 11) is 0. The summed E-state index contributed by atoms with van der Waals surface area (Å²) in [4.78, 5) is 0. The minimum atomic E-state index is -1.21. The van der Waals surface area contributed by atoms with Crippen molar-refractivity contribution < 1.29 is 5.11 Å². The van der Waals surface area contributed by atoms with E-state index in [9.17, 15) is 10.4 Å². The Kier molecular flexibility index (Phi) is 3.62. The van der Waals surface area contributed by atoms with Gasteiger partial charge in [-0.2, -0.15) is 5.26 Å². The smallest absolute Gasteiger partial charge is 0.105 e. The molecule has 1 aromatic carbocycles. The van der Waals surface area contributed by atoms with E-state index in [1.807, 2.05) is 6.92 Å². The highest BCUT2D eigenvalue weighted by Crippen LogP contribution is 2.42. The quantitative estimate of drug-likeness (QED) is 0.875. The topological polar surface area (TPSA) is 44.0 Å². The van der Waals surface area contributed by atoms with E-state index in [0.29, 0.717) is 17.0 Å². The van der Waals surface area contributed by atoms with E-state index in [4.69, 9.17) is 11.6 Å². The molecule has 0 radical (unpaired) electrons. The molecule has 2 atom stereocenters. The summed E-state index contributed by atoms with van der Waals surface area (Å²) >= 11 is 5.89. The van der Waals surface area contributed by atoms with Crippen molar-refractivity contribution in [3.63, 3.8) is 0 Å². The Labute approximate surface area is 101 Å². The predicted molar refractivity (Wildman–Crippen MR) is 65.0 cm³/mol. The lowest BCUT2D eigenvalue weighted by Gasteiger charge is -2.37. The molecule has 0 bridgehead atoms. The molecular weight excluding hydrogens is 222 g/mol. The monoisotopic (exact) mass is 237 g/mol. The fourth-order valence-corrected chi connectivity index (χ4v) is 1.83. The van der Waals surface area contributed by atoms with E-state index in [-0.39, 0.29) is 0 Å². The Morgan fingerprint density at radius 1 is 1.44 bits per heavy atom. The molecule has 1 N–H and O–H groups in total. The van der Waals surface area contributed by atoms with E-state index >= 15 is 0 Å². The molecule has 0 aromatic heterocycles. The summed E-state index contributed by atoms with van der Waals surface area (Å²) in [5.74, 6) is 0. The molecule has 2 nitrogen and oxygen atoms in total. The zero-order valence-corrected chi connectivity index (χ0v) is 10.5. The zero-order chi connectivity index (χ0) is 12.4. The molecule has 1 aromatic rings. The van der Waals surface area contributed by atoms with Crippen LogP contribution in [-0.4, -0.2) is 5.11 Å². The van der Waals surface area contributed by atoms with E-state index < -0.39 is 11.0 Å². The Morgan fingerprint density at radius 2 is 2.06 bits per heavy atom. The third-order valence-electron chi connectivity index (χ3n) is 3.42. The molecule has 0 aliphatic carbocycles. The molecule has 0 aliphatic rings. The van der Waals surface area contributed by atoms with E-state index in [1.54, 1.807) is 38.1 Å². The lowest BCUT2D eigenvalue weighted by Crippen LogP contribution is -2.40. The molecule has 0 saturated heterocycles. The molecule has 0 amide bonds. The third-order valence-corrected chi connectivity index (χ3v) is 3.65. The van der Waals surface area contributed by atoms with Gasteiger partial charge in [-0.1, -0.05) is 30.7 Å². The number of aliphatic hydroxyl groups is 1. The molecular formula is C13H16ClNO. The SMILES string of the molecule is CCC(C)(C#N)C(C)(O)c1cccc(Cl)c1. The summed E-state index contributed by atoms with van der Waals surface area (Å²) in [6.45, 7) is 5.31. The van der Waals surface area contributed by atoms with Gasteiger partial charge in [0.25, 0.3) is 0 Å². The second-order valence-corrected chi connectivity index (χ2v) is 4.82. The van der Waals surface area contributed by atoms with Gasteiger partial charge < -0.3 is 5.11 Å². The zero-order valence-electron chi connectivity index (χ0n) is 9.79. The lowest BCUT2D eigenvalue weighted by atomic mass is 9.70. The second-order valence-electron chi connectivity index (χ2n) is 4.38. The van der Waals surface area contributed by atoms with Gasteiger partial charge in [-0.25, -0.2) is 0 Å². The minimum Gasteiger partial charge on any atom is -0.384 e. The van der Waals surface area contributed by atoms with Crippen molar-refractivity contribution in [1.82, 2.24) is 0 Å². The fraction of sp³-hybridized carbons (Fsp3) is 0.462. The van der Waals surface area contributed by atoms with Crippen molar-refractivity contribution in [1.29, 1.82) is 5.26 Å². The highest BCUT2D eigenvalue weighted by atomic mass is 35.5. The first-order chi connectivity index (χ1) is 7.37. The highest BCUT2D eigenvalue weighted by molar-refractivity contribution is 6.30. The average molecular weight is 238 g/mol. The Hall–Kier alpha value is -1.04. The molecule has 0 fully saturated rings. The van der Waals surface area contributed by atoms with Gasteiger partial charge in [0.1, 0.15) is 5.60 Å². The van der Waals surface area contributed by atoms with E-state index in [1.165, 1.54) is 0 Å². The van der Waals surface area contributed by atoms with E-state index in [2.05, 4.69) is 6.07 Å². The normalized spacial score (nSPS) is 18.2. The molecule has 16 heavy (non-hydrogen) atoms. The molecule has 2 unspecified atom stereocenters. The number of benzene rings is 1. The van der Waals surface area contributed by atoms with Crippen LogP contribution in [0.15, 0.2) is 24.3 Å². The first-order valence-electron chi connectivity index (χ1n) is 5.27. The summed E-state index contributed by atoms with van der Waals surface area (Å²) in [6.07, 6.45) is 0.572. The van der Waals surface area contributed by atoms with Crippen LogP contribution >= 0.6 is 11.6 Å². The van der Waals surface area contributed by atoms with Gasteiger partial charge >= 0.3 is 0 Å². The maximum Gasteiger partial charge on any atom is 0.105 e. The van der Waals surface area contributed by atoms with Gasteiger partial charge in [-0.3, -0.25) is 0 Å². The largest absolute Gasteiger partial charge is 0.384 e. The second kappa shape index (κ2) is 4.45. The van der Waals surface area contributed by atoms with Crippen molar-refractivity contribution in [2.45, 2.75) is 32.8 Å². The van der Waals surface area contributed by atoms with Crippen LogP contribution in [0.2, 0.25) is 5.02 Å². The third kappa shape index (κ3) is 2.07. The highest BCUT2D eigenvalue weighted by Gasteiger charge is 2.43. The Morgan fingerprint density at radius 3 is 2.50 bits per heavy atom. The Bertz CT molecular complexity index is 422. The molecule has 0 aliphatic heterocycles. The van der Waals surface area contributed by atoms with Gasteiger partial charge in [0.15, 0.2) is 0 Å². The molecule has 3 heteroatoms. The summed E-state index contributed by atoms with van der Waals surface area (Å²) in [5, 5.41) is 20.3. The first-order valence-corrected chi connectivity index (χ1v) is 5.65. The molecule has 0 saturated carbocycles. The molecule has 0 spiro atoms. The van der Waals surface area contributed by atoms with Crippen LogP contribution in [-0.2, 0) is 5.60 Å². The van der Waals surface area contributed by atoms with Crippen LogP contribution in [0.1, 0.15) is 32.8 Å². The summed E-state index contributed by atoms with van der Waals surface area (Å²) in [6, 6.07) is 9.21. The van der Waals surface area contributed by atoms with Gasteiger partial charge in [0.05, 0.1) is 11.5 Å².